The van der Waals surface area contributed by atoms with Gasteiger partial charge in [0.25, 0.3) is 0 Å². The Balaban J connectivity index is 1.90. The summed E-state index contributed by atoms with van der Waals surface area (Å²) < 4.78 is 0. The van der Waals surface area contributed by atoms with Gasteiger partial charge in [0.2, 0.25) is 5.91 Å². The fraction of sp³-hybridized carbons (Fsp3) is 0.533. The number of aromatic nitrogens is 1. The molecule has 1 aliphatic rings. The Morgan fingerprint density at radius 2 is 1.85 bits per heavy atom. The Hall–Kier alpha value is -1.91. The van der Waals surface area contributed by atoms with Gasteiger partial charge in [0.15, 0.2) is 0 Å². The molecule has 1 saturated carbocycles. The predicted octanol–water partition coefficient (Wildman–Crippen LogP) is 1.92. The van der Waals surface area contributed by atoms with E-state index in [1.807, 2.05) is 12.1 Å². The van der Waals surface area contributed by atoms with Gasteiger partial charge in [-0.3, -0.25) is 9.78 Å². The maximum Gasteiger partial charge on any atom is 0.329 e. The molecule has 0 radical (unpaired) electrons. The third-order valence-corrected chi connectivity index (χ3v) is 3.89. The number of carboxylic acid groups (broad SMARTS) is 1. The molecule has 1 aromatic rings. The minimum atomic E-state index is -1.05. The third kappa shape index (κ3) is 3.56. The molecule has 0 spiro atoms. The maximum atomic E-state index is 12.0. The molecule has 5 nitrogen and oxygen atoms in total. The summed E-state index contributed by atoms with van der Waals surface area (Å²) in [6, 6.07) is 3.72. The minimum absolute atomic E-state index is 0.189. The van der Waals surface area contributed by atoms with Gasteiger partial charge < -0.3 is 10.4 Å². The van der Waals surface area contributed by atoms with Crippen molar-refractivity contribution < 1.29 is 14.7 Å². The smallest absolute Gasteiger partial charge is 0.329 e. The van der Waals surface area contributed by atoms with E-state index in [1.165, 1.54) is 0 Å². The first-order valence-corrected chi connectivity index (χ1v) is 7.06. The van der Waals surface area contributed by atoms with E-state index in [0.29, 0.717) is 25.7 Å². The molecule has 2 rings (SSSR count). The number of amides is 1. The number of aliphatic carboxylic acids is 1. The molecule has 108 valence electrons. The summed E-state index contributed by atoms with van der Waals surface area (Å²) in [7, 11) is 0. The van der Waals surface area contributed by atoms with Crippen LogP contribution in [0.3, 0.4) is 0 Å². The maximum absolute atomic E-state index is 12.0. The number of pyridine rings is 1. The van der Waals surface area contributed by atoms with Crippen LogP contribution in [0, 0.1) is 0 Å². The third-order valence-electron chi connectivity index (χ3n) is 3.89. The summed E-state index contributed by atoms with van der Waals surface area (Å²) in [5.74, 6) is -1.10. The normalized spacial score (nSPS) is 17.4. The summed E-state index contributed by atoms with van der Waals surface area (Å²) in [5, 5.41) is 12.1. The van der Waals surface area contributed by atoms with E-state index < -0.39 is 11.5 Å². The average Bonchev–Trinajstić information content (AvgIpc) is 2.47. The number of hydrogen-bond donors (Lipinski definition) is 2. The molecule has 1 aliphatic carbocycles. The Kier molecular flexibility index (Phi) is 4.71. The molecule has 0 unspecified atom stereocenters. The van der Waals surface area contributed by atoms with E-state index in [1.54, 1.807) is 12.4 Å². The zero-order valence-electron chi connectivity index (χ0n) is 11.5. The summed E-state index contributed by atoms with van der Waals surface area (Å²) >= 11 is 0. The van der Waals surface area contributed by atoms with Crippen LogP contribution in [0.25, 0.3) is 0 Å². The second-order valence-corrected chi connectivity index (χ2v) is 5.35. The van der Waals surface area contributed by atoms with Gasteiger partial charge in [-0.2, -0.15) is 0 Å². The molecule has 0 saturated heterocycles. The molecule has 1 aromatic heterocycles. The highest BCUT2D eigenvalue weighted by molar-refractivity contribution is 5.87. The summed E-state index contributed by atoms with van der Waals surface area (Å²) in [4.78, 5) is 27.4. The van der Waals surface area contributed by atoms with Gasteiger partial charge in [-0.05, 0) is 37.0 Å². The molecular formula is C15H20N2O3. The van der Waals surface area contributed by atoms with E-state index in [2.05, 4.69) is 10.3 Å². The monoisotopic (exact) mass is 276 g/mol. The van der Waals surface area contributed by atoms with Crippen molar-refractivity contribution in [2.45, 2.75) is 50.5 Å². The topological polar surface area (TPSA) is 79.3 Å². The summed E-state index contributed by atoms with van der Waals surface area (Å²) in [6.45, 7) is 0. The Labute approximate surface area is 118 Å². The molecule has 1 heterocycles. The van der Waals surface area contributed by atoms with Gasteiger partial charge in [0.05, 0.1) is 0 Å². The number of rotatable bonds is 5. The lowest BCUT2D eigenvalue weighted by molar-refractivity contribution is -0.149. The van der Waals surface area contributed by atoms with Crippen molar-refractivity contribution in [1.29, 1.82) is 0 Å². The van der Waals surface area contributed by atoms with Crippen LogP contribution in [0.15, 0.2) is 24.5 Å². The first kappa shape index (κ1) is 14.5. The van der Waals surface area contributed by atoms with Crippen LogP contribution < -0.4 is 5.32 Å². The van der Waals surface area contributed by atoms with Crippen molar-refractivity contribution >= 4 is 11.9 Å². The molecule has 1 fully saturated rings. The molecule has 0 atom stereocenters. The van der Waals surface area contributed by atoms with Crippen molar-refractivity contribution in [2.24, 2.45) is 0 Å². The fourth-order valence-electron chi connectivity index (χ4n) is 2.68. The van der Waals surface area contributed by atoms with Gasteiger partial charge in [-0.25, -0.2) is 4.79 Å². The van der Waals surface area contributed by atoms with Crippen LogP contribution >= 0.6 is 0 Å². The number of nitrogens with zero attached hydrogens (tertiary/aromatic N) is 1. The zero-order valence-corrected chi connectivity index (χ0v) is 11.5. The van der Waals surface area contributed by atoms with E-state index in [0.717, 1.165) is 24.8 Å². The highest BCUT2D eigenvalue weighted by Gasteiger charge is 2.40. The van der Waals surface area contributed by atoms with Crippen LogP contribution in [0.1, 0.15) is 44.1 Å². The van der Waals surface area contributed by atoms with Gasteiger partial charge >= 0.3 is 5.97 Å². The number of hydrogen-bond acceptors (Lipinski definition) is 3. The molecule has 20 heavy (non-hydrogen) atoms. The minimum Gasteiger partial charge on any atom is -0.480 e. The van der Waals surface area contributed by atoms with Crippen LogP contribution in [0.2, 0.25) is 0 Å². The first-order chi connectivity index (χ1) is 9.62. The SMILES string of the molecule is O=C(CCc1ccncc1)NC1(C(=O)O)CCCCC1. The van der Waals surface area contributed by atoms with Crippen LogP contribution in [0.4, 0.5) is 0 Å². The summed E-state index contributed by atoms with van der Waals surface area (Å²) in [6.07, 6.45) is 8.10. The number of aryl methyl sites for hydroxylation is 1. The van der Waals surface area contributed by atoms with Crippen molar-refractivity contribution in [2.75, 3.05) is 0 Å². The highest BCUT2D eigenvalue weighted by Crippen LogP contribution is 2.28. The molecular weight excluding hydrogens is 256 g/mol. The molecule has 0 aromatic carbocycles. The Morgan fingerprint density at radius 3 is 2.45 bits per heavy atom. The van der Waals surface area contributed by atoms with Crippen molar-refractivity contribution in [3.05, 3.63) is 30.1 Å². The van der Waals surface area contributed by atoms with Crippen molar-refractivity contribution in [1.82, 2.24) is 10.3 Å². The Bertz CT molecular complexity index is 467. The number of carbonyl (C=O) groups excluding carboxylic acids is 1. The standard InChI is InChI=1S/C15H20N2O3/c18-13(5-4-12-6-10-16-11-7-12)17-15(14(19)20)8-2-1-3-9-15/h6-7,10-11H,1-5,8-9H2,(H,17,18)(H,19,20). The van der Waals surface area contributed by atoms with Crippen molar-refractivity contribution in [3.63, 3.8) is 0 Å². The first-order valence-electron chi connectivity index (χ1n) is 7.06. The predicted molar refractivity (Wildman–Crippen MR) is 74.2 cm³/mol. The highest BCUT2D eigenvalue weighted by atomic mass is 16.4. The van der Waals surface area contributed by atoms with Gasteiger partial charge in [0.1, 0.15) is 5.54 Å². The number of nitrogens with one attached hydrogen (secondary N) is 1. The fourth-order valence-corrected chi connectivity index (χ4v) is 2.68. The lowest BCUT2D eigenvalue weighted by Gasteiger charge is -2.34. The van der Waals surface area contributed by atoms with Crippen LogP contribution in [0.5, 0.6) is 0 Å². The average molecular weight is 276 g/mol. The van der Waals surface area contributed by atoms with Gasteiger partial charge in [-0.15, -0.1) is 0 Å². The lowest BCUT2D eigenvalue weighted by atomic mass is 9.81. The molecule has 0 aliphatic heterocycles. The van der Waals surface area contributed by atoms with Gasteiger partial charge in [0, 0.05) is 18.8 Å². The van der Waals surface area contributed by atoms with E-state index in [4.69, 9.17) is 0 Å². The van der Waals surface area contributed by atoms with Crippen molar-refractivity contribution in [3.8, 4) is 0 Å². The Morgan fingerprint density at radius 1 is 1.20 bits per heavy atom. The number of carboxylic acids is 1. The number of carbonyl (C=O) groups is 2. The van der Waals surface area contributed by atoms with E-state index in [-0.39, 0.29) is 5.91 Å². The summed E-state index contributed by atoms with van der Waals surface area (Å²) in [5.41, 5.74) is -0.0173. The molecule has 2 N–H and O–H groups in total. The van der Waals surface area contributed by atoms with Crippen LogP contribution in [-0.4, -0.2) is 27.5 Å². The lowest BCUT2D eigenvalue weighted by Crippen LogP contribution is -2.55. The second-order valence-electron chi connectivity index (χ2n) is 5.35. The quantitative estimate of drug-likeness (QED) is 0.861. The molecule has 5 heteroatoms. The zero-order chi connectivity index (χ0) is 14.4. The molecule has 1 amide bonds. The largest absolute Gasteiger partial charge is 0.480 e. The van der Waals surface area contributed by atoms with Gasteiger partial charge in [-0.1, -0.05) is 19.3 Å². The molecule has 0 bridgehead atoms. The van der Waals surface area contributed by atoms with Crippen LogP contribution in [-0.2, 0) is 16.0 Å². The van der Waals surface area contributed by atoms with E-state index in [9.17, 15) is 14.7 Å². The van der Waals surface area contributed by atoms with E-state index >= 15 is 0 Å². The second kappa shape index (κ2) is 6.50.